The van der Waals surface area contributed by atoms with Gasteiger partial charge in [-0.2, -0.15) is 0 Å². The van der Waals surface area contributed by atoms with E-state index in [1.807, 2.05) is 56.3 Å². The van der Waals surface area contributed by atoms with Crippen LogP contribution in [0.4, 0.5) is 5.69 Å². The van der Waals surface area contributed by atoms with E-state index >= 15 is 0 Å². The van der Waals surface area contributed by atoms with Crippen molar-refractivity contribution < 1.29 is 14.3 Å². The molecule has 5 heteroatoms. The van der Waals surface area contributed by atoms with E-state index in [2.05, 4.69) is 5.32 Å². The maximum atomic E-state index is 12.5. The summed E-state index contributed by atoms with van der Waals surface area (Å²) in [5.41, 5.74) is 4.24. The van der Waals surface area contributed by atoms with Gasteiger partial charge in [0.15, 0.2) is 0 Å². The number of nitrogens with one attached hydrogen (secondary N) is 1. The Balaban J connectivity index is 1.89. The van der Waals surface area contributed by atoms with Crippen LogP contribution in [0.15, 0.2) is 48.7 Å². The molecule has 0 aliphatic heterocycles. The lowest BCUT2D eigenvalue weighted by atomic mass is 10.1. The van der Waals surface area contributed by atoms with Gasteiger partial charge in [0.05, 0.1) is 12.7 Å². The molecule has 0 saturated carbocycles. The smallest absolute Gasteiger partial charge is 0.340 e. The Morgan fingerprint density at radius 2 is 1.84 bits per heavy atom. The van der Waals surface area contributed by atoms with Crippen molar-refractivity contribution in [3.05, 3.63) is 65.4 Å². The van der Waals surface area contributed by atoms with Gasteiger partial charge in [0.25, 0.3) is 0 Å². The van der Waals surface area contributed by atoms with Crippen molar-refractivity contribution in [1.29, 1.82) is 0 Å². The van der Waals surface area contributed by atoms with Crippen molar-refractivity contribution >= 4 is 28.5 Å². The third kappa shape index (κ3) is 3.26. The molecule has 0 spiro atoms. The van der Waals surface area contributed by atoms with Gasteiger partial charge in [0, 0.05) is 22.8 Å². The van der Waals surface area contributed by atoms with Gasteiger partial charge in [-0.3, -0.25) is 4.79 Å². The number of rotatable bonds is 4. The number of hydrogen-bond acceptors (Lipinski definition) is 3. The minimum Gasteiger partial charge on any atom is -0.465 e. The molecule has 0 atom stereocenters. The van der Waals surface area contributed by atoms with Crippen LogP contribution >= 0.6 is 0 Å². The van der Waals surface area contributed by atoms with Crippen LogP contribution in [0.2, 0.25) is 0 Å². The average molecular weight is 336 g/mol. The molecule has 1 heterocycles. The average Bonchev–Trinajstić information content (AvgIpc) is 2.97. The summed E-state index contributed by atoms with van der Waals surface area (Å²) in [6, 6.07) is 13.3. The van der Waals surface area contributed by atoms with E-state index in [1.54, 1.807) is 10.8 Å². The Hall–Kier alpha value is -3.08. The van der Waals surface area contributed by atoms with Crippen molar-refractivity contribution in [2.45, 2.75) is 20.4 Å². The van der Waals surface area contributed by atoms with Gasteiger partial charge in [-0.05, 0) is 37.1 Å². The first-order valence-electron chi connectivity index (χ1n) is 8.03. The highest BCUT2D eigenvalue weighted by atomic mass is 16.5. The van der Waals surface area contributed by atoms with Crippen LogP contribution in [0, 0.1) is 13.8 Å². The zero-order valence-electron chi connectivity index (χ0n) is 14.5. The summed E-state index contributed by atoms with van der Waals surface area (Å²) < 4.78 is 6.60. The first-order valence-corrected chi connectivity index (χ1v) is 8.03. The largest absolute Gasteiger partial charge is 0.465 e. The van der Waals surface area contributed by atoms with Gasteiger partial charge >= 0.3 is 5.97 Å². The number of para-hydroxylation sites is 1. The molecule has 1 N–H and O–H groups in total. The summed E-state index contributed by atoms with van der Waals surface area (Å²) in [5.74, 6) is -0.559. The molecule has 25 heavy (non-hydrogen) atoms. The molecule has 128 valence electrons. The van der Waals surface area contributed by atoms with Crippen LogP contribution in [0.3, 0.4) is 0 Å². The number of carbonyl (C=O) groups is 2. The Labute approximate surface area is 146 Å². The van der Waals surface area contributed by atoms with Gasteiger partial charge in [0.2, 0.25) is 5.91 Å². The van der Waals surface area contributed by atoms with Crippen LogP contribution < -0.4 is 5.32 Å². The van der Waals surface area contributed by atoms with Crippen molar-refractivity contribution in [2.75, 3.05) is 12.4 Å². The number of esters is 1. The fourth-order valence-electron chi connectivity index (χ4n) is 2.88. The van der Waals surface area contributed by atoms with Crippen molar-refractivity contribution in [2.24, 2.45) is 0 Å². The number of ether oxygens (including phenoxy) is 1. The maximum Gasteiger partial charge on any atom is 0.340 e. The summed E-state index contributed by atoms with van der Waals surface area (Å²) in [7, 11) is 1.35. The highest BCUT2D eigenvalue weighted by molar-refractivity contribution is 6.05. The molecular formula is C20H20N2O3. The predicted molar refractivity (Wildman–Crippen MR) is 97.8 cm³/mol. The second-order valence-corrected chi connectivity index (χ2v) is 5.98. The molecule has 2 aromatic carbocycles. The Kier molecular flexibility index (Phi) is 4.57. The van der Waals surface area contributed by atoms with Crippen LogP contribution in [0.25, 0.3) is 10.9 Å². The molecule has 3 aromatic rings. The van der Waals surface area contributed by atoms with E-state index < -0.39 is 5.97 Å². The molecule has 0 fully saturated rings. The zero-order chi connectivity index (χ0) is 18.0. The fourth-order valence-corrected chi connectivity index (χ4v) is 2.88. The first-order chi connectivity index (χ1) is 12.0. The van der Waals surface area contributed by atoms with E-state index in [-0.39, 0.29) is 12.5 Å². The summed E-state index contributed by atoms with van der Waals surface area (Å²) in [6.45, 7) is 4.10. The summed E-state index contributed by atoms with van der Waals surface area (Å²) >= 11 is 0. The number of aryl methyl sites for hydroxylation is 1. The van der Waals surface area contributed by atoms with Crippen LogP contribution in [0.1, 0.15) is 21.5 Å². The molecule has 0 aliphatic carbocycles. The molecule has 0 radical (unpaired) electrons. The highest BCUT2D eigenvalue weighted by Crippen LogP contribution is 2.23. The number of anilines is 1. The number of hydrogen-bond donors (Lipinski definition) is 1. The summed E-state index contributed by atoms with van der Waals surface area (Å²) in [6.07, 6.45) is 1.67. The molecule has 0 saturated heterocycles. The zero-order valence-corrected chi connectivity index (χ0v) is 14.5. The normalized spacial score (nSPS) is 10.7. The SMILES string of the molecule is COC(=O)c1cn(CC(=O)Nc2cccc(C)c2C)c2ccccc12. The standard InChI is InChI=1S/C20H20N2O3/c1-13-7-6-9-17(14(13)2)21-19(23)12-22-11-16(20(24)25-3)15-8-4-5-10-18(15)22/h4-11H,12H2,1-3H3,(H,21,23). The highest BCUT2D eigenvalue weighted by Gasteiger charge is 2.16. The molecule has 3 rings (SSSR count). The van der Waals surface area contributed by atoms with Crippen LogP contribution in [0.5, 0.6) is 0 Å². The molecule has 1 amide bonds. The van der Waals surface area contributed by atoms with Gasteiger partial charge in [0.1, 0.15) is 6.54 Å². The number of carbonyl (C=O) groups excluding carboxylic acids is 2. The lowest BCUT2D eigenvalue weighted by molar-refractivity contribution is -0.116. The molecular weight excluding hydrogens is 316 g/mol. The van der Waals surface area contributed by atoms with Gasteiger partial charge < -0.3 is 14.6 Å². The van der Waals surface area contributed by atoms with E-state index in [0.717, 1.165) is 27.7 Å². The quantitative estimate of drug-likeness (QED) is 0.739. The molecule has 1 aromatic heterocycles. The third-order valence-corrected chi connectivity index (χ3v) is 4.39. The van der Waals surface area contributed by atoms with E-state index in [1.165, 1.54) is 7.11 Å². The minimum atomic E-state index is -0.412. The molecule has 5 nitrogen and oxygen atoms in total. The van der Waals surface area contributed by atoms with E-state index in [0.29, 0.717) is 5.56 Å². The Bertz CT molecular complexity index is 957. The Morgan fingerprint density at radius 1 is 1.08 bits per heavy atom. The second kappa shape index (κ2) is 6.81. The van der Waals surface area contributed by atoms with Crippen molar-refractivity contribution in [3.63, 3.8) is 0 Å². The number of fused-ring (bicyclic) bond motifs is 1. The van der Waals surface area contributed by atoms with E-state index in [9.17, 15) is 9.59 Å². The minimum absolute atomic E-state index is 0.116. The maximum absolute atomic E-state index is 12.5. The lowest BCUT2D eigenvalue weighted by Gasteiger charge is -2.11. The molecule has 0 bridgehead atoms. The van der Waals surface area contributed by atoms with Gasteiger partial charge in [-0.1, -0.05) is 30.3 Å². The van der Waals surface area contributed by atoms with E-state index in [4.69, 9.17) is 4.74 Å². The summed E-state index contributed by atoms with van der Waals surface area (Å²) in [4.78, 5) is 24.5. The van der Waals surface area contributed by atoms with Gasteiger partial charge in [-0.15, -0.1) is 0 Å². The summed E-state index contributed by atoms with van der Waals surface area (Å²) in [5, 5.41) is 3.71. The van der Waals surface area contributed by atoms with Crippen LogP contribution in [-0.2, 0) is 16.1 Å². The predicted octanol–water partition coefficient (Wildman–Crippen LogP) is 3.68. The number of aromatic nitrogens is 1. The number of benzene rings is 2. The third-order valence-electron chi connectivity index (χ3n) is 4.39. The monoisotopic (exact) mass is 336 g/mol. The van der Waals surface area contributed by atoms with Gasteiger partial charge in [-0.25, -0.2) is 4.79 Å². The second-order valence-electron chi connectivity index (χ2n) is 5.98. The number of methoxy groups -OCH3 is 1. The fraction of sp³-hybridized carbons (Fsp3) is 0.200. The molecule has 0 aliphatic rings. The first kappa shape index (κ1) is 16.8. The Morgan fingerprint density at radius 3 is 2.60 bits per heavy atom. The van der Waals surface area contributed by atoms with Crippen molar-refractivity contribution in [1.82, 2.24) is 4.57 Å². The van der Waals surface area contributed by atoms with Crippen molar-refractivity contribution in [3.8, 4) is 0 Å². The lowest BCUT2D eigenvalue weighted by Crippen LogP contribution is -2.19. The molecule has 0 unspecified atom stereocenters. The van der Waals surface area contributed by atoms with Crippen LogP contribution in [-0.4, -0.2) is 23.6 Å². The number of nitrogens with zero attached hydrogens (tertiary/aromatic N) is 1. The topological polar surface area (TPSA) is 60.3 Å². The number of amides is 1.